The van der Waals surface area contributed by atoms with Crippen LogP contribution in [0, 0.1) is 12.8 Å². The van der Waals surface area contributed by atoms with Crippen molar-refractivity contribution in [1.29, 1.82) is 0 Å². The zero-order chi connectivity index (χ0) is 13.9. The van der Waals surface area contributed by atoms with Crippen LogP contribution in [0.15, 0.2) is 12.4 Å². The predicted molar refractivity (Wildman–Crippen MR) is 75.2 cm³/mol. The summed E-state index contributed by atoms with van der Waals surface area (Å²) in [4.78, 5) is 14.2. The van der Waals surface area contributed by atoms with Crippen molar-refractivity contribution < 1.29 is 9.53 Å². The predicted octanol–water partition coefficient (Wildman–Crippen LogP) is 1.61. The van der Waals surface area contributed by atoms with E-state index in [9.17, 15) is 4.79 Å². The molecule has 2 aliphatic rings. The first-order valence-corrected chi connectivity index (χ1v) is 7.58. The summed E-state index contributed by atoms with van der Waals surface area (Å²) in [7, 11) is 0. The summed E-state index contributed by atoms with van der Waals surface area (Å²) in [5.41, 5.74) is 1.16. The minimum atomic E-state index is 0.136. The molecule has 5 heteroatoms. The molecule has 2 fully saturated rings. The molecule has 1 saturated carbocycles. The first-order chi connectivity index (χ1) is 9.72. The minimum Gasteiger partial charge on any atom is -0.371 e. The molecule has 1 aromatic heterocycles. The molecule has 3 rings (SSSR count). The summed E-state index contributed by atoms with van der Waals surface area (Å²) in [6.45, 7) is 4.68. The zero-order valence-electron chi connectivity index (χ0n) is 12.1. The first kappa shape index (κ1) is 13.6. The number of nitrogens with zero attached hydrogens (tertiary/aromatic N) is 3. The van der Waals surface area contributed by atoms with E-state index in [0.717, 1.165) is 38.1 Å². The summed E-state index contributed by atoms with van der Waals surface area (Å²) in [5.74, 6) is 0.848. The van der Waals surface area contributed by atoms with Crippen LogP contribution in [0.25, 0.3) is 0 Å². The molecular weight excluding hydrogens is 254 g/mol. The monoisotopic (exact) mass is 277 g/mol. The van der Waals surface area contributed by atoms with Crippen LogP contribution in [-0.2, 0) is 16.1 Å². The molecule has 1 aromatic rings. The van der Waals surface area contributed by atoms with E-state index >= 15 is 0 Å². The van der Waals surface area contributed by atoms with Gasteiger partial charge in [0.05, 0.1) is 25.4 Å². The van der Waals surface area contributed by atoms with Crippen molar-refractivity contribution in [2.45, 2.75) is 45.2 Å². The Morgan fingerprint density at radius 1 is 1.45 bits per heavy atom. The van der Waals surface area contributed by atoms with Gasteiger partial charge in [-0.05, 0) is 44.1 Å². The van der Waals surface area contributed by atoms with Crippen molar-refractivity contribution in [3.63, 3.8) is 0 Å². The third-order valence-corrected chi connectivity index (χ3v) is 4.13. The van der Waals surface area contributed by atoms with Crippen molar-refractivity contribution in [2.75, 3.05) is 19.8 Å². The van der Waals surface area contributed by atoms with Crippen LogP contribution in [0.5, 0.6) is 0 Å². The van der Waals surface area contributed by atoms with Gasteiger partial charge >= 0.3 is 0 Å². The number of hydrogen-bond acceptors (Lipinski definition) is 3. The molecule has 0 bridgehead atoms. The largest absolute Gasteiger partial charge is 0.371 e. The van der Waals surface area contributed by atoms with Crippen molar-refractivity contribution in [3.8, 4) is 0 Å². The molecule has 0 radical (unpaired) electrons. The molecule has 5 nitrogen and oxygen atoms in total. The van der Waals surface area contributed by atoms with Gasteiger partial charge < -0.3 is 9.64 Å². The average Bonchev–Trinajstić information content (AvgIpc) is 2.97. The quantitative estimate of drug-likeness (QED) is 0.793. The van der Waals surface area contributed by atoms with Crippen molar-refractivity contribution >= 4 is 5.91 Å². The second kappa shape index (κ2) is 5.95. The summed E-state index contributed by atoms with van der Waals surface area (Å²) in [6.07, 6.45) is 8.56. The number of carbonyl (C=O) groups is 1. The van der Waals surface area contributed by atoms with Crippen molar-refractivity contribution in [1.82, 2.24) is 14.7 Å². The molecule has 1 aliphatic carbocycles. The SMILES string of the molecule is Cc1cnn(C[C@@H]2CCCN2C(=O)COCC2CC2)c1. The van der Waals surface area contributed by atoms with Crippen LogP contribution in [0.3, 0.4) is 0 Å². The van der Waals surface area contributed by atoms with E-state index in [0.29, 0.717) is 5.92 Å². The third kappa shape index (κ3) is 3.39. The number of aromatic nitrogens is 2. The van der Waals surface area contributed by atoms with Crippen molar-refractivity contribution in [3.05, 3.63) is 18.0 Å². The van der Waals surface area contributed by atoms with Gasteiger partial charge in [-0.2, -0.15) is 5.10 Å². The summed E-state index contributed by atoms with van der Waals surface area (Å²) in [5, 5.41) is 4.31. The third-order valence-electron chi connectivity index (χ3n) is 4.13. The molecule has 0 N–H and O–H groups in total. The molecule has 20 heavy (non-hydrogen) atoms. The summed E-state index contributed by atoms with van der Waals surface area (Å²) < 4.78 is 7.46. The van der Waals surface area contributed by atoms with Gasteiger partial charge in [-0.15, -0.1) is 0 Å². The van der Waals surface area contributed by atoms with E-state index in [1.165, 1.54) is 12.8 Å². The standard InChI is InChI=1S/C15H23N3O2/c1-12-7-16-17(8-12)9-14-3-2-6-18(14)15(19)11-20-10-13-4-5-13/h7-8,13-14H,2-6,9-11H2,1H3/t14-/m0/s1. The van der Waals surface area contributed by atoms with Gasteiger partial charge in [0.1, 0.15) is 6.61 Å². The molecule has 110 valence electrons. The lowest BCUT2D eigenvalue weighted by Gasteiger charge is -2.24. The van der Waals surface area contributed by atoms with E-state index in [1.807, 2.05) is 28.9 Å². The van der Waals surface area contributed by atoms with Crippen LogP contribution >= 0.6 is 0 Å². The Bertz CT molecular complexity index is 467. The second-order valence-electron chi connectivity index (χ2n) is 6.08. The van der Waals surface area contributed by atoms with Gasteiger partial charge in [0, 0.05) is 12.7 Å². The van der Waals surface area contributed by atoms with Crippen LogP contribution in [-0.4, -0.2) is 46.4 Å². The lowest BCUT2D eigenvalue weighted by Crippen LogP contribution is -2.40. The molecular formula is C15H23N3O2. The van der Waals surface area contributed by atoms with E-state index in [2.05, 4.69) is 5.10 Å². The number of aryl methyl sites for hydroxylation is 1. The fourth-order valence-corrected chi connectivity index (χ4v) is 2.82. The Hall–Kier alpha value is -1.36. The summed E-state index contributed by atoms with van der Waals surface area (Å²) >= 11 is 0. The van der Waals surface area contributed by atoms with E-state index in [-0.39, 0.29) is 18.6 Å². The number of amides is 1. The maximum atomic E-state index is 12.2. The molecule has 0 spiro atoms. The summed E-state index contributed by atoms with van der Waals surface area (Å²) in [6, 6.07) is 0.270. The van der Waals surface area contributed by atoms with Crippen LogP contribution in [0.1, 0.15) is 31.2 Å². The van der Waals surface area contributed by atoms with Crippen LogP contribution in [0.4, 0.5) is 0 Å². The minimum absolute atomic E-state index is 0.136. The smallest absolute Gasteiger partial charge is 0.248 e. The highest BCUT2D eigenvalue weighted by Gasteiger charge is 2.29. The number of likely N-dealkylation sites (tertiary alicyclic amines) is 1. The lowest BCUT2D eigenvalue weighted by molar-refractivity contribution is -0.137. The molecule has 1 amide bonds. The highest BCUT2D eigenvalue weighted by molar-refractivity contribution is 5.78. The molecule has 0 aromatic carbocycles. The second-order valence-corrected chi connectivity index (χ2v) is 6.08. The van der Waals surface area contributed by atoms with E-state index < -0.39 is 0 Å². The van der Waals surface area contributed by atoms with Gasteiger partial charge in [0.2, 0.25) is 5.91 Å². The normalized spacial score (nSPS) is 22.4. The molecule has 1 aliphatic heterocycles. The van der Waals surface area contributed by atoms with E-state index in [4.69, 9.17) is 4.74 Å². The number of rotatable bonds is 6. The number of carbonyl (C=O) groups excluding carboxylic acids is 1. The Labute approximate surface area is 119 Å². The van der Waals surface area contributed by atoms with Gasteiger partial charge in [-0.3, -0.25) is 9.48 Å². The highest BCUT2D eigenvalue weighted by Crippen LogP contribution is 2.28. The number of hydrogen-bond donors (Lipinski definition) is 0. The molecule has 2 heterocycles. The fraction of sp³-hybridized carbons (Fsp3) is 0.733. The average molecular weight is 277 g/mol. The van der Waals surface area contributed by atoms with Gasteiger partial charge in [-0.1, -0.05) is 0 Å². The van der Waals surface area contributed by atoms with Crippen LogP contribution < -0.4 is 0 Å². The van der Waals surface area contributed by atoms with E-state index in [1.54, 1.807) is 0 Å². The maximum absolute atomic E-state index is 12.2. The van der Waals surface area contributed by atoms with Crippen LogP contribution in [0.2, 0.25) is 0 Å². The molecule has 1 saturated heterocycles. The first-order valence-electron chi connectivity index (χ1n) is 7.58. The Balaban J connectivity index is 1.49. The fourth-order valence-electron chi connectivity index (χ4n) is 2.82. The topological polar surface area (TPSA) is 47.4 Å². The Kier molecular flexibility index (Phi) is 4.05. The highest BCUT2D eigenvalue weighted by atomic mass is 16.5. The molecule has 1 atom stereocenters. The lowest BCUT2D eigenvalue weighted by atomic mass is 10.2. The van der Waals surface area contributed by atoms with Gasteiger partial charge in [0.15, 0.2) is 0 Å². The van der Waals surface area contributed by atoms with Crippen molar-refractivity contribution in [2.24, 2.45) is 5.92 Å². The Morgan fingerprint density at radius 3 is 3.00 bits per heavy atom. The van der Waals surface area contributed by atoms with Gasteiger partial charge in [0.25, 0.3) is 0 Å². The molecule has 0 unspecified atom stereocenters. The zero-order valence-corrected chi connectivity index (χ0v) is 12.1. The number of ether oxygens (including phenoxy) is 1. The van der Waals surface area contributed by atoms with Gasteiger partial charge in [-0.25, -0.2) is 0 Å². The Morgan fingerprint density at radius 2 is 2.30 bits per heavy atom. The maximum Gasteiger partial charge on any atom is 0.248 e.